The molecule has 2 aliphatic rings. The summed E-state index contributed by atoms with van der Waals surface area (Å²) < 4.78 is 63.4. The van der Waals surface area contributed by atoms with E-state index in [1.165, 1.54) is 30.3 Å². The number of anilines is 2. The van der Waals surface area contributed by atoms with E-state index in [9.17, 15) is 29.1 Å². The lowest BCUT2D eigenvalue weighted by Crippen LogP contribution is -2.30. The monoisotopic (exact) mass is 932 g/mol. The van der Waals surface area contributed by atoms with Crippen LogP contribution in [0.4, 0.5) is 20.2 Å². The molecule has 2 heterocycles. The van der Waals surface area contributed by atoms with E-state index in [1.54, 1.807) is 65.8 Å². The maximum absolute atomic E-state index is 15.2. The zero-order valence-corrected chi connectivity index (χ0v) is 38.4. The minimum Gasteiger partial charge on any atom is -0.493 e. The first-order valence-electron chi connectivity index (χ1n) is 22.3. The third-order valence-electron chi connectivity index (χ3n) is 11.0. The molecule has 68 heavy (non-hydrogen) atoms. The molecule has 16 heteroatoms. The molecule has 0 aliphatic carbocycles. The molecular formula is C52H50F2N2O12. The van der Waals surface area contributed by atoms with Crippen LogP contribution in [-0.2, 0) is 31.9 Å². The van der Waals surface area contributed by atoms with Crippen LogP contribution in [-0.4, -0.2) is 74.4 Å². The van der Waals surface area contributed by atoms with Gasteiger partial charge < -0.3 is 33.5 Å². The summed E-state index contributed by atoms with van der Waals surface area (Å²) >= 11 is 0. The number of carbonyl (C=O) groups is 5. The van der Waals surface area contributed by atoms with Crippen LogP contribution < -0.4 is 28.7 Å². The zero-order chi connectivity index (χ0) is 48.8. The van der Waals surface area contributed by atoms with Gasteiger partial charge in [0.15, 0.2) is 6.23 Å². The Balaban J connectivity index is 0.000000201. The summed E-state index contributed by atoms with van der Waals surface area (Å²) in [5.74, 6) is -3.33. The van der Waals surface area contributed by atoms with Gasteiger partial charge in [0.05, 0.1) is 86.1 Å². The summed E-state index contributed by atoms with van der Waals surface area (Å²) in [5.41, 5.74) is 0.910. The maximum Gasteiger partial charge on any atom is 0.310 e. The van der Waals surface area contributed by atoms with Gasteiger partial charge in [0.25, 0.3) is 17.7 Å². The Morgan fingerprint density at radius 3 is 1.29 bits per heavy atom. The Labute approximate surface area is 390 Å². The van der Waals surface area contributed by atoms with Crippen molar-refractivity contribution >= 4 is 62.6 Å². The summed E-state index contributed by atoms with van der Waals surface area (Å²) in [5, 5.41) is 13.9. The number of benzene rings is 6. The molecule has 1 N–H and O–H groups in total. The number of ether oxygens (including phenoxy) is 6. The molecule has 6 aromatic rings. The van der Waals surface area contributed by atoms with Crippen LogP contribution >= 0.6 is 0 Å². The SMILES string of the molecule is CCOC(=O)Cc1ccc(N2C(=O)c3c(c(OCC)c4ccccc4c3OCC)C2=O)c(F)c1.CCOC(=O)Cc1ccc(N2C(=O)c3c(c(OCC)c4ccccc4c3OCC)C2O)c(F)c1. The maximum atomic E-state index is 15.2. The van der Waals surface area contributed by atoms with Crippen molar-refractivity contribution in [3.8, 4) is 23.0 Å². The molecule has 0 bridgehead atoms. The molecule has 354 valence electrons. The van der Waals surface area contributed by atoms with E-state index < -0.39 is 47.5 Å². The number of hydrogen-bond donors (Lipinski definition) is 1. The van der Waals surface area contributed by atoms with E-state index in [2.05, 4.69) is 0 Å². The van der Waals surface area contributed by atoms with Gasteiger partial charge in [-0.05, 0) is 76.9 Å². The predicted octanol–water partition coefficient (Wildman–Crippen LogP) is 9.22. The number of fused-ring (bicyclic) bond motifs is 4. The number of aliphatic hydroxyl groups excluding tert-OH is 1. The van der Waals surface area contributed by atoms with Gasteiger partial charge in [0.2, 0.25) is 0 Å². The van der Waals surface area contributed by atoms with Gasteiger partial charge in [-0.15, -0.1) is 0 Å². The van der Waals surface area contributed by atoms with Crippen molar-refractivity contribution in [1.82, 2.24) is 0 Å². The Kier molecular flexibility index (Phi) is 14.9. The predicted molar refractivity (Wildman–Crippen MR) is 249 cm³/mol. The molecule has 1 unspecified atom stereocenters. The third-order valence-corrected chi connectivity index (χ3v) is 11.0. The number of rotatable bonds is 16. The summed E-state index contributed by atoms with van der Waals surface area (Å²) in [6.45, 7) is 12.1. The minimum absolute atomic E-state index is 0.0454. The van der Waals surface area contributed by atoms with Gasteiger partial charge in [0, 0.05) is 21.5 Å². The molecular weight excluding hydrogens is 883 g/mol. The second-order valence-electron chi connectivity index (χ2n) is 15.2. The number of amides is 3. The average Bonchev–Trinajstić information content (AvgIpc) is 3.72. The molecule has 0 spiro atoms. The van der Waals surface area contributed by atoms with Crippen LogP contribution in [0.1, 0.15) is 95.5 Å². The number of halogens is 2. The molecule has 8 rings (SSSR count). The second-order valence-corrected chi connectivity index (χ2v) is 15.2. The van der Waals surface area contributed by atoms with Crippen LogP contribution in [0.25, 0.3) is 21.5 Å². The van der Waals surface area contributed by atoms with Gasteiger partial charge in [-0.2, -0.15) is 0 Å². The summed E-state index contributed by atoms with van der Waals surface area (Å²) in [6, 6.07) is 22.5. The van der Waals surface area contributed by atoms with Crippen LogP contribution in [0.15, 0.2) is 84.9 Å². The smallest absolute Gasteiger partial charge is 0.310 e. The van der Waals surface area contributed by atoms with E-state index in [0.717, 1.165) is 15.9 Å². The normalized spacial score (nSPS) is 13.8. The Hall–Kier alpha value is -7.59. The fourth-order valence-electron chi connectivity index (χ4n) is 8.41. The largest absolute Gasteiger partial charge is 0.493 e. The Morgan fingerprint density at radius 1 is 0.515 bits per heavy atom. The number of hydrogen-bond acceptors (Lipinski definition) is 12. The molecule has 6 aromatic carbocycles. The van der Waals surface area contributed by atoms with E-state index in [0.29, 0.717) is 57.4 Å². The van der Waals surface area contributed by atoms with E-state index in [4.69, 9.17) is 28.4 Å². The van der Waals surface area contributed by atoms with E-state index in [1.807, 2.05) is 24.3 Å². The summed E-state index contributed by atoms with van der Waals surface area (Å²) in [4.78, 5) is 65.9. The molecule has 3 amide bonds. The fraction of sp³-hybridized carbons (Fsp3) is 0.288. The van der Waals surface area contributed by atoms with Crippen molar-refractivity contribution in [1.29, 1.82) is 0 Å². The molecule has 0 saturated carbocycles. The molecule has 0 aromatic heterocycles. The topological polar surface area (TPSA) is 167 Å². The highest BCUT2D eigenvalue weighted by Crippen LogP contribution is 2.51. The molecule has 0 radical (unpaired) electrons. The molecule has 2 aliphatic heterocycles. The standard InChI is InChI=1S/C26H26FNO6.C26H24FNO6/c2*1-4-32-20(29)14-15-11-12-19(18(27)13-15)28-25(30)21-22(26(28)31)24(34-6-3)17-10-8-7-9-16(17)23(21)33-5-2/h7-13,25,30H,4-6,14H2,1-3H3;7-13H,4-6,14H2,1-3H3. The number of esters is 2. The fourth-order valence-corrected chi connectivity index (χ4v) is 8.41. The van der Waals surface area contributed by atoms with E-state index >= 15 is 8.78 Å². The highest BCUT2D eigenvalue weighted by Gasteiger charge is 2.46. The zero-order valence-electron chi connectivity index (χ0n) is 38.4. The summed E-state index contributed by atoms with van der Waals surface area (Å²) in [7, 11) is 0. The summed E-state index contributed by atoms with van der Waals surface area (Å²) in [6.07, 6.45) is -1.71. The quantitative estimate of drug-likeness (QED) is 0.0723. The van der Waals surface area contributed by atoms with Crippen LogP contribution in [0, 0.1) is 11.6 Å². The molecule has 1 atom stereocenters. The Morgan fingerprint density at radius 2 is 0.897 bits per heavy atom. The van der Waals surface area contributed by atoms with Crippen molar-refractivity contribution < 1.29 is 66.3 Å². The molecule has 0 fully saturated rings. The van der Waals surface area contributed by atoms with Gasteiger partial charge in [-0.1, -0.05) is 60.7 Å². The first-order chi connectivity index (χ1) is 32.8. The first-order valence-corrected chi connectivity index (χ1v) is 22.3. The van der Waals surface area contributed by atoms with Crippen molar-refractivity contribution in [2.75, 3.05) is 49.4 Å². The number of nitrogens with zero attached hydrogens (tertiary/aromatic N) is 2. The lowest BCUT2D eigenvalue weighted by Gasteiger charge is -2.22. The van der Waals surface area contributed by atoms with Gasteiger partial charge in [-0.3, -0.25) is 28.9 Å². The van der Waals surface area contributed by atoms with Gasteiger partial charge >= 0.3 is 11.9 Å². The van der Waals surface area contributed by atoms with Crippen molar-refractivity contribution in [2.45, 2.75) is 60.6 Å². The van der Waals surface area contributed by atoms with Crippen LogP contribution in [0.5, 0.6) is 23.0 Å². The number of imide groups is 1. The van der Waals surface area contributed by atoms with Crippen molar-refractivity contribution in [2.24, 2.45) is 0 Å². The first kappa shape index (κ1) is 48.3. The molecule has 14 nitrogen and oxygen atoms in total. The van der Waals surface area contributed by atoms with E-state index in [-0.39, 0.29) is 84.4 Å². The highest BCUT2D eigenvalue weighted by molar-refractivity contribution is 6.38. The molecule has 0 saturated heterocycles. The van der Waals surface area contributed by atoms with Crippen LogP contribution in [0.2, 0.25) is 0 Å². The second kappa shape index (κ2) is 20.9. The highest BCUT2D eigenvalue weighted by atomic mass is 19.1. The van der Waals surface area contributed by atoms with Crippen molar-refractivity contribution in [3.63, 3.8) is 0 Å². The van der Waals surface area contributed by atoms with Gasteiger partial charge in [-0.25, -0.2) is 13.7 Å². The Bertz CT molecular complexity index is 2890. The lowest BCUT2D eigenvalue weighted by molar-refractivity contribution is -0.143. The van der Waals surface area contributed by atoms with Gasteiger partial charge in [0.1, 0.15) is 34.6 Å². The van der Waals surface area contributed by atoms with Crippen LogP contribution in [0.3, 0.4) is 0 Å². The minimum atomic E-state index is -1.49. The average molecular weight is 933 g/mol. The number of carbonyl (C=O) groups excluding carboxylic acids is 5. The third kappa shape index (κ3) is 8.98. The lowest BCUT2D eigenvalue weighted by atomic mass is 9.98. The van der Waals surface area contributed by atoms with Crippen molar-refractivity contribution in [3.05, 3.63) is 130 Å². The number of aliphatic hydroxyl groups is 1.